The monoisotopic (exact) mass is 364 g/mol. The zero-order valence-corrected chi connectivity index (χ0v) is 14.9. The van der Waals surface area contributed by atoms with Gasteiger partial charge in [0.2, 0.25) is 5.91 Å². The number of amides is 1. The smallest absolute Gasteiger partial charge is 0.263 e. The zero-order chi connectivity index (χ0) is 17.5. The van der Waals surface area contributed by atoms with E-state index in [1.807, 2.05) is 6.92 Å². The molecular weight excluding hydrogens is 348 g/mol. The van der Waals surface area contributed by atoms with E-state index in [4.69, 9.17) is 11.6 Å². The Kier molecular flexibility index (Phi) is 4.27. The van der Waals surface area contributed by atoms with Crippen molar-refractivity contribution in [2.24, 2.45) is 0 Å². The Labute approximate surface area is 146 Å². The number of hydrogen-bond acceptors (Lipinski definition) is 3. The highest BCUT2D eigenvalue weighted by molar-refractivity contribution is 7.92. The molecule has 0 spiro atoms. The normalized spacial score (nSPS) is 17.5. The Balaban J connectivity index is 1.96. The minimum Gasteiger partial charge on any atom is -0.315 e. The van der Waals surface area contributed by atoms with Gasteiger partial charge in [-0.25, -0.2) is 8.42 Å². The van der Waals surface area contributed by atoms with E-state index in [9.17, 15) is 13.2 Å². The summed E-state index contributed by atoms with van der Waals surface area (Å²) in [6, 6.07) is 11.5. The molecule has 126 valence electrons. The average molecular weight is 365 g/mol. The van der Waals surface area contributed by atoms with Crippen molar-refractivity contribution in [2.75, 3.05) is 16.7 Å². The Bertz CT molecular complexity index is 912. The van der Waals surface area contributed by atoms with Crippen LogP contribution < -0.4 is 9.62 Å². The van der Waals surface area contributed by atoms with E-state index in [0.29, 0.717) is 12.1 Å². The van der Waals surface area contributed by atoms with E-state index in [-0.39, 0.29) is 21.7 Å². The molecule has 2 aromatic rings. The number of fused-ring (bicyclic) bond motifs is 1. The largest absolute Gasteiger partial charge is 0.315 e. The highest BCUT2D eigenvalue weighted by Crippen LogP contribution is 2.37. The maximum absolute atomic E-state index is 12.5. The molecule has 7 heteroatoms. The number of anilines is 2. The van der Waals surface area contributed by atoms with Gasteiger partial charge >= 0.3 is 0 Å². The van der Waals surface area contributed by atoms with E-state index < -0.39 is 10.0 Å². The molecular formula is C17H17ClN2O3S. The lowest BCUT2D eigenvalue weighted by Crippen LogP contribution is -2.32. The number of nitrogens with one attached hydrogen (secondary N) is 1. The summed E-state index contributed by atoms with van der Waals surface area (Å²) in [4.78, 5) is 13.5. The van der Waals surface area contributed by atoms with Crippen molar-refractivity contribution in [2.45, 2.75) is 24.2 Å². The first-order valence-electron chi connectivity index (χ1n) is 7.47. The molecule has 1 unspecified atom stereocenters. The van der Waals surface area contributed by atoms with Crippen molar-refractivity contribution in [3.8, 4) is 0 Å². The molecule has 1 aliphatic heterocycles. The topological polar surface area (TPSA) is 66.5 Å². The van der Waals surface area contributed by atoms with Gasteiger partial charge in [0.1, 0.15) is 4.90 Å². The average Bonchev–Trinajstić information content (AvgIpc) is 2.52. The third-order valence-electron chi connectivity index (χ3n) is 4.15. The summed E-state index contributed by atoms with van der Waals surface area (Å²) in [5.74, 6) is 0.0906. The molecule has 0 aromatic heterocycles. The van der Waals surface area contributed by atoms with Gasteiger partial charge in [0.15, 0.2) is 0 Å². The van der Waals surface area contributed by atoms with Gasteiger partial charge in [-0.3, -0.25) is 9.52 Å². The van der Waals surface area contributed by atoms with Gasteiger partial charge in [-0.1, -0.05) is 30.7 Å². The van der Waals surface area contributed by atoms with Crippen LogP contribution in [-0.4, -0.2) is 21.4 Å². The molecule has 0 radical (unpaired) electrons. The third-order valence-corrected chi connectivity index (χ3v) is 6.03. The number of halogens is 1. The van der Waals surface area contributed by atoms with Gasteiger partial charge in [0, 0.05) is 24.8 Å². The molecule has 0 bridgehead atoms. The van der Waals surface area contributed by atoms with Gasteiger partial charge in [0.05, 0.1) is 5.02 Å². The van der Waals surface area contributed by atoms with Gasteiger partial charge in [0.25, 0.3) is 10.0 Å². The van der Waals surface area contributed by atoms with Crippen LogP contribution in [0.25, 0.3) is 0 Å². The highest BCUT2D eigenvalue weighted by Gasteiger charge is 2.27. The Morgan fingerprint density at radius 3 is 2.62 bits per heavy atom. The van der Waals surface area contributed by atoms with Crippen molar-refractivity contribution in [3.63, 3.8) is 0 Å². The molecule has 5 nitrogen and oxygen atoms in total. The molecule has 1 aliphatic rings. The first-order valence-corrected chi connectivity index (χ1v) is 9.33. The molecule has 0 saturated carbocycles. The van der Waals surface area contributed by atoms with Crippen LogP contribution in [0.3, 0.4) is 0 Å². The molecule has 1 amide bonds. The van der Waals surface area contributed by atoms with Crippen LogP contribution in [0.4, 0.5) is 11.4 Å². The molecule has 1 heterocycles. The lowest BCUT2D eigenvalue weighted by molar-refractivity contribution is -0.119. The van der Waals surface area contributed by atoms with Crippen LogP contribution in [0.1, 0.15) is 24.8 Å². The van der Waals surface area contributed by atoms with E-state index in [1.165, 1.54) is 12.1 Å². The fourth-order valence-electron chi connectivity index (χ4n) is 2.83. The molecule has 3 rings (SSSR count). The Morgan fingerprint density at radius 1 is 1.21 bits per heavy atom. The Morgan fingerprint density at radius 2 is 1.92 bits per heavy atom. The minimum atomic E-state index is -3.77. The zero-order valence-electron chi connectivity index (χ0n) is 13.3. The van der Waals surface area contributed by atoms with Gasteiger partial charge in [-0.2, -0.15) is 0 Å². The highest BCUT2D eigenvalue weighted by atomic mass is 35.5. The first-order chi connectivity index (χ1) is 11.3. The van der Waals surface area contributed by atoms with Crippen LogP contribution in [0.15, 0.2) is 47.4 Å². The predicted octanol–water partition coefficient (Wildman–Crippen LogP) is 3.61. The number of benzene rings is 2. The second-order valence-electron chi connectivity index (χ2n) is 5.87. The van der Waals surface area contributed by atoms with Gasteiger partial charge in [-0.05, 0) is 41.8 Å². The molecule has 0 aliphatic carbocycles. The lowest BCUT2D eigenvalue weighted by atomic mass is 9.91. The number of sulfonamides is 1. The second-order valence-corrected chi connectivity index (χ2v) is 7.93. The Hall–Kier alpha value is -2.05. The van der Waals surface area contributed by atoms with Crippen molar-refractivity contribution >= 4 is 38.9 Å². The first kappa shape index (κ1) is 16.8. The number of carbonyl (C=O) groups is 1. The molecule has 0 saturated heterocycles. The van der Waals surface area contributed by atoms with E-state index in [2.05, 4.69) is 4.72 Å². The maximum Gasteiger partial charge on any atom is 0.263 e. The fraction of sp³-hybridized carbons (Fsp3) is 0.235. The van der Waals surface area contributed by atoms with Gasteiger partial charge < -0.3 is 4.90 Å². The van der Waals surface area contributed by atoms with Crippen LogP contribution in [0.5, 0.6) is 0 Å². The number of rotatable bonds is 3. The van der Waals surface area contributed by atoms with E-state index in [1.54, 1.807) is 42.3 Å². The number of nitrogens with zero attached hydrogens (tertiary/aromatic N) is 1. The quantitative estimate of drug-likeness (QED) is 0.904. The minimum absolute atomic E-state index is 0.0322. The van der Waals surface area contributed by atoms with Crippen LogP contribution in [-0.2, 0) is 14.8 Å². The van der Waals surface area contributed by atoms with Crippen LogP contribution in [0, 0.1) is 0 Å². The number of carbonyl (C=O) groups excluding carboxylic acids is 1. The summed E-state index contributed by atoms with van der Waals surface area (Å²) >= 11 is 5.99. The summed E-state index contributed by atoms with van der Waals surface area (Å²) in [5, 5.41) is 0.168. The SMILES string of the molecule is CC1CC(=O)N(C)c2ccc(NS(=O)(=O)c3ccccc3Cl)cc21. The summed E-state index contributed by atoms with van der Waals surface area (Å²) in [6.45, 7) is 1.95. The predicted molar refractivity (Wildman–Crippen MR) is 95.1 cm³/mol. The van der Waals surface area contributed by atoms with Crippen molar-refractivity contribution in [1.82, 2.24) is 0 Å². The van der Waals surface area contributed by atoms with E-state index in [0.717, 1.165) is 11.3 Å². The van der Waals surface area contributed by atoms with Gasteiger partial charge in [-0.15, -0.1) is 0 Å². The maximum atomic E-state index is 12.5. The summed E-state index contributed by atoms with van der Waals surface area (Å²) < 4.78 is 27.6. The van der Waals surface area contributed by atoms with Crippen LogP contribution in [0.2, 0.25) is 5.02 Å². The standard InChI is InChI=1S/C17H17ClN2O3S/c1-11-9-17(21)20(2)15-8-7-12(10-13(11)15)19-24(22,23)16-6-4-3-5-14(16)18/h3-8,10-11,19H,9H2,1-2H3. The fourth-order valence-corrected chi connectivity index (χ4v) is 4.40. The van der Waals surface area contributed by atoms with E-state index >= 15 is 0 Å². The molecule has 2 aromatic carbocycles. The van der Waals surface area contributed by atoms with Crippen molar-refractivity contribution in [1.29, 1.82) is 0 Å². The second kappa shape index (κ2) is 6.11. The number of hydrogen-bond donors (Lipinski definition) is 1. The third kappa shape index (κ3) is 2.99. The summed E-state index contributed by atoms with van der Waals surface area (Å²) in [5.41, 5.74) is 2.19. The van der Waals surface area contributed by atoms with Crippen molar-refractivity contribution in [3.05, 3.63) is 53.1 Å². The van der Waals surface area contributed by atoms with Crippen molar-refractivity contribution < 1.29 is 13.2 Å². The summed E-state index contributed by atoms with van der Waals surface area (Å²) in [7, 11) is -2.05. The molecule has 24 heavy (non-hydrogen) atoms. The molecule has 1 atom stereocenters. The molecule has 1 N–H and O–H groups in total. The lowest BCUT2D eigenvalue weighted by Gasteiger charge is -2.30. The van der Waals surface area contributed by atoms with Crippen LogP contribution >= 0.6 is 11.6 Å². The molecule has 0 fully saturated rings. The summed E-state index contributed by atoms with van der Waals surface area (Å²) in [6.07, 6.45) is 0.407.